The normalized spacial score (nSPS) is 16.4. The van der Waals surface area contributed by atoms with Gasteiger partial charge in [-0.3, -0.25) is 0 Å². The molecular formula is C8H19ClN2O2S. The van der Waals surface area contributed by atoms with Gasteiger partial charge in [-0.2, -0.15) is 0 Å². The molecule has 0 saturated heterocycles. The Labute approximate surface area is 92.3 Å². The molecule has 4 nitrogen and oxygen atoms in total. The van der Waals surface area contributed by atoms with Crippen LogP contribution >= 0.6 is 12.4 Å². The van der Waals surface area contributed by atoms with Crippen molar-refractivity contribution in [1.29, 1.82) is 0 Å². The predicted molar refractivity (Wildman–Crippen MR) is 60.4 cm³/mol. The summed E-state index contributed by atoms with van der Waals surface area (Å²) >= 11 is 0. The van der Waals surface area contributed by atoms with Crippen LogP contribution in [0.25, 0.3) is 0 Å². The van der Waals surface area contributed by atoms with Crippen LogP contribution in [-0.4, -0.2) is 33.3 Å². The number of hydrogen-bond acceptors (Lipinski definition) is 3. The molecule has 1 fully saturated rings. The lowest BCUT2D eigenvalue weighted by atomic mass is 10.5. The van der Waals surface area contributed by atoms with E-state index in [-0.39, 0.29) is 17.7 Å². The zero-order chi connectivity index (χ0) is 9.73. The van der Waals surface area contributed by atoms with Crippen LogP contribution in [0, 0.1) is 0 Å². The molecule has 86 valence electrons. The van der Waals surface area contributed by atoms with Gasteiger partial charge in [0.1, 0.15) is 0 Å². The summed E-state index contributed by atoms with van der Waals surface area (Å²) in [5.74, 6) is 0. The summed E-state index contributed by atoms with van der Waals surface area (Å²) in [4.78, 5) is 0. The molecule has 0 heterocycles. The van der Waals surface area contributed by atoms with E-state index in [1.54, 1.807) is 0 Å². The highest BCUT2D eigenvalue weighted by Gasteiger charge is 2.34. The van der Waals surface area contributed by atoms with E-state index in [1.165, 1.54) is 0 Å². The van der Waals surface area contributed by atoms with Crippen molar-refractivity contribution in [3.63, 3.8) is 0 Å². The molecule has 0 bridgehead atoms. The van der Waals surface area contributed by atoms with E-state index in [0.29, 0.717) is 6.54 Å². The lowest BCUT2D eigenvalue weighted by molar-refractivity contribution is 0.574. The topological polar surface area (TPSA) is 58.2 Å². The highest BCUT2D eigenvalue weighted by molar-refractivity contribution is 7.90. The first-order valence-corrected chi connectivity index (χ1v) is 6.40. The van der Waals surface area contributed by atoms with Crippen LogP contribution in [-0.2, 0) is 10.0 Å². The van der Waals surface area contributed by atoms with Crippen molar-refractivity contribution in [1.82, 2.24) is 10.0 Å². The standard InChI is InChI=1S/C8H18N2O2S.ClH/c1-2-5-9-6-7-10-13(11,12)8-3-4-8;/h8-10H,2-7H2,1H3;1H. The number of rotatable bonds is 7. The minimum atomic E-state index is -2.96. The van der Waals surface area contributed by atoms with Gasteiger partial charge in [0.2, 0.25) is 10.0 Å². The molecule has 1 aliphatic rings. The molecule has 0 aromatic carbocycles. The molecule has 0 aromatic heterocycles. The zero-order valence-electron chi connectivity index (χ0n) is 8.45. The van der Waals surface area contributed by atoms with Crippen molar-refractivity contribution >= 4 is 22.4 Å². The van der Waals surface area contributed by atoms with E-state index in [2.05, 4.69) is 17.0 Å². The number of sulfonamides is 1. The molecule has 0 aliphatic heterocycles. The van der Waals surface area contributed by atoms with Crippen LogP contribution in [0.1, 0.15) is 26.2 Å². The lowest BCUT2D eigenvalue weighted by Crippen LogP contribution is -2.34. The smallest absolute Gasteiger partial charge is 0.214 e. The van der Waals surface area contributed by atoms with Crippen molar-refractivity contribution in [3.05, 3.63) is 0 Å². The van der Waals surface area contributed by atoms with E-state index in [9.17, 15) is 8.42 Å². The predicted octanol–water partition coefficient (Wildman–Crippen LogP) is 0.490. The summed E-state index contributed by atoms with van der Waals surface area (Å²) in [6, 6.07) is 0. The van der Waals surface area contributed by atoms with Gasteiger partial charge in [-0.05, 0) is 25.8 Å². The molecule has 0 amide bonds. The molecule has 14 heavy (non-hydrogen) atoms. The quantitative estimate of drug-likeness (QED) is 0.639. The summed E-state index contributed by atoms with van der Waals surface area (Å²) in [7, 11) is -2.96. The van der Waals surface area contributed by atoms with Crippen molar-refractivity contribution < 1.29 is 8.42 Å². The fraction of sp³-hybridized carbons (Fsp3) is 1.00. The van der Waals surface area contributed by atoms with Crippen LogP contribution in [0.15, 0.2) is 0 Å². The number of hydrogen-bond donors (Lipinski definition) is 2. The molecule has 0 aromatic rings. The Kier molecular flexibility index (Phi) is 6.68. The maximum Gasteiger partial charge on any atom is 0.214 e. The van der Waals surface area contributed by atoms with Crippen LogP contribution in [0.3, 0.4) is 0 Å². The Hall–Kier alpha value is 0.160. The highest BCUT2D eigenvalue weighted by atomic mass is 35.5. The molecule has 2 N–H and O–H groups in total. The maximum atomic E-state index is 11.3. The second kappa shape index (κ2) is 6.61. The molecule has 0 radical (unpaired) electrons. The third-order valence-corrected chi connectivity index (χ3v) is 3.95. The van der Waals surface area contributed by atoms with E-state index >= 15 is 0 Å². The van der Waals surface area contributed by atoms with Crippen molar-refractivity contribution in [2.45, 2.75) is 31.4 Å². The van der Waals surface area contributed by atoms with Gasteiger partial charge in [-0.25, -0.2) is 13.1 Å². The van der Waals surface area contributed by atoms with E-state index in [4.69, 9.17) is 0 Å². The highest BCUT2D eigenvalue weighted by Crippen LogP contribution is 2.26. The first-order valence-electron chi connectivity index (χ1n) is 4.86. The Morgan fingerprint density at radius 3 is 2.36 bits per heavy atom. The third kappa shape index (κ3) is 5.14. The fourth-order valence-electron chi connectivity index (χ4n) is 1.08. The first-order chi connectivity index (χ1) is 6.17. The summed E-state index contributed by atoms with van der Waals surface area (Å²) in [5, 5.41) is 3.04. The second-order valence-electron chi connectivity index (χ2n) is 3.39. The molecule has 6 heteroatoms. The van der Waals surface area contributed by atoms with Gasteiger partial charge in [0.05, 0.1) is 5.25 Å². The van der Waals surface area contributed by atoms with Gasteiger partial charge in [-0.1, -0.05) is 6.92 Å². The van der Waals surface area contributed by atoms with Crippen LogP contribution in [0.4, 0.5) is 0 Å². The van der Waals surface area contributed by atoms with E-state index in [0.717, 1.165) is 32.4 Å². The van der Waals surface area contributed by atoms with Gasteiger partial charge in [0.25, 0.3) is 0 Å². The van der Waals surface area contributed by atoms with E-state index < -0.39 is 10.0 Å². The van der Waals surface area contributed by atoms with Crippen LogP contribution in [0.2, 0.25) is 0 Å². The van der Waals surface area contributed by atoms with Gasteiger partial charge in [-0.15, -0.1) is 12.4 Å². The summed E-state index contributed by atoms with van der Waals surface area (Å²) in [5.41, 5.74) is 0. The van der Waals surface area contributed by atoms with Crippen LogP contribution < -0.4 is 10.0 Å². The average molecular weight is 243 g/mol. The molecule has 0 spiro atoms. The largest absolute Gasteiger partial charge is 0.315 e. The van der Waals surface area contributed by atoms with Crippen LogP contribution in [0.5, 0.6) is 0 Å². The van der Waals surface area contributed by atoms with Gasteiger partial charge in [0, 0.05) is 13.1 Å². The zero-order valence-corrected chi connectivity index (χ0v) is 10.1. The van der Waals surface area contributed by atoms with E-state index in [1.807, 2.05) is 0 Å². The summed E-state index contributed by atoms with van der Waals surface area (Å²) in [6.07, 6.45) is 2.74. The lowest BCUT2D eigenvalue weighted by Gasteiger charge is -2.05. The SMILES string of the molecule is CCCNCCNS(=O)(=O)C1CC1.Cl. The fourth-order valence-corrected chi connectivity index (χ4v) is 2.46. The second-order valence-corrected chi connectivity index (χ2v) is 5.43. The third-order valence-electron chi connectivity index (χ3n) is 2.00. The number of nitrogens with one attached hydrogen (secondary N) is 2. The van der Waals surface area contributed by atoms with Crippen molar-refractivity contribution in [3.8, 4) is 0 Å². The Bertz CT molecular complexity index is 240. The number of halogens is 1. The molecular weight excluding hydrogens is 224 g/mol. The Balaban J connectivity index is 0.00000169. The first kappa shape index (κ1) is 14.2. The van der Waals surface area contributed by atoms with Gasteiger partial charge < -0.3 is 5.32 Å². The minimum absolute atomic E-state index is 0. The molecule has 0 atom stereocenters. The molecule has 1 aliphatic carbocycles. The monoisotopic (exact) mass is 242 g/mol. The average Bonchev–Trinajstić information content (AvgIpc) is 2.86. The summed E-state index contributed by atoms with van der Waals surface area (Å²) in [6.45, 7) is 4.27. The minimum Gasteiger partial charge on any atom is -0.315 e. The molecule has 1 saturated carbocycles. The van der Waals surface area contributed by atoms with Crippen molar-refractivity contribution in [2.75, 3.05) is 19.6 Å². The van der Waals surface area contributed by atoms with Gasteiger partial charge in [0.15, 0.2) is 0 Å². The van der Waals surface area contributed by atoms with Crippen molar-refractivity contribution in [2.24, 2.45) is 0 Å². The molecule has 0 unspecified atom stereocenters. The summed E-state index contributed by atoms with van der Waals surface area (Å²) < 4.78 is 25.2. The Morgan fingerprint density at radius 1 is 1.21 bits per heavy atom. The maximum absolute atomic E-state index is 11.3. The van der Waals surface area contributed by atoms with Gasteiger partial charge >= 0.3 is 0 Å². The Morgan fingerprint density at radius 2 is 1.86 bits per heavy atom. The molecule has 1 rings (SSSR count).